The molecule has 0 N–H and O–H groups in total. The van der Waals surface area contributed by atoms with Gasteiger partial charge in [0.05, 0.1) is 5.39 Å². The molecule has 1 aliphatic heterocycles. The highest BCUT2D eigenvalue weighted by molar-refractivity contribution is 6.11. The fraction of sp³-hybridized carbons (Fsp3) is 0.0667. The Bertz CT molecular complexity index is 790. The van der Waals surface area contributed by atoms with Crippen molar-refractivity contribution in [1.29, 1.82) is 0 Å². The van der Waals surface area contributed by atoms with Crippen molar-refractivity contribution in [2.75, 3.05) is 0 Å². The Morgan fingerprint density at radius 3 is 2.94 bits per heavy atom. The van der Waals surface area contributed by atoms with E-state index in [1.165, 1.54) is 21.9 Å². The van der Waals surface area contributed by atoms with E-state index in [4.69, 9.17) is 0 Å². The lowest BCUT2D eigenvalue weighted by molar-refractivity contribution is -0.657. The highest BCUT2D eigenvalue weighted by Crippen LogP contribution is 2.31. The Balaban J connectivity index is 2.35. The third kappa shape index (κ3) is 0.998. The van der Waals surface area contributed by atoms with Crippen LogP contribution in [0.15, 0.2) is 42.6 Å². The minimum Gasteiger partial charge on any atom is -0.298 e. The quantitative estimate of drug-likeness (QED) is 0.274. The van der Waals surface area contributed by atoms with Gasteiger partial charge in [-0.15, -0.1) is 0 Å². The van der Waals surface area contributed by atoms with E-state index in [1.54, 1.807) is 0 Å². The van der Waals surface area contributed by atoms with Gasteiger partial charge in [-0.25, -0.2) is 0 Å². The molecular formula is C15H10NO+. The average Bonchev–Trinajstić information content (AvgIpc) is 2.76. The van der Waals surface area contributed by atoms with Crippen molar-refractivity contribution in [2.24, 2.45) is 0 Å². The molecule has 0 spiro atoms. The monoisotopic (exact) mass is 220 g/mol. The average molecular weight is 220 g/mol. The molecule has 0 amide bonds. The van der Waals surface area contributed by atoms with Crippen LogP contribution in [0.3, 0.4) is 0 Å². The van der Waals surface area contributed by atoms with Crippen LogP contribution in [0.25, 0.3) is 21.7 Å². The third-order valence-electron chi connectivity index (χ3n) is 3.60. The maximum atomic E-state index is 11.1. The summed E-state index contributed by atoms with van der Waals surface area (Å²) < 4.78 is 2.25. The summed E-state index contributed by atoms with van der Waals surface area (Å²) in [5, 5.41) is 3.55. The van der Waals surface area contributed by atoms with Crippen LogP contribution in [-0.4, -0.2) is 6.29 Å². The van der Waals surface area contributed by atoms with Gasteiger partial charge in [0.1, 0.15) is 0 Å². The van der Waals surface area contributed by atoms with Crippen molar-refractivity contribution < 1.29 is 9.36 Å². The minimum atomic E-state index is 0.781. The molecule has 1 aromatic heterocycles. The standard InChI is InChI=1S/C15H10NO/c17-9-12-4-3-11-8-16-7-1-2-10-5-6-13(12)14(11)15(10)16/h1-7,9H,8H2/q+1. The Morgan fingerprint density at radius 1 is 1.12 bits per heavy atom. The molecule has 0 atom stereocenters. The van der Waals surface area contributed by atoms with E-state index in [0.29, 0.717) is 0 Å². The summed E-state index contributed by atoms with van der Waals surface area (Å²) in [6.07, 6.45) is 3.04. The zero-order chi connectivity index (χ0) is 11.4. The first kappa shape index (κ1) is 8.88. The highest BCUT2D eigenvalue weighted by atomic mass is 16.1. The van der Waals surface area contributed by atoms with E-state index in [1.807, 2.05) is 6.07 Å². The zero-order valence-electron chi connectivity index (χ0n) is 9.18. The molecule has 17 heavy (non-hydrogen) atoms. The van der Waals surface area contributed by atoms with E-state index in [2.05, 4.69) is 41.1 Å². The maximum Gasteiger partial charge on any atom is 0.221 e. The van der Waals surface area contributed by atoms with Crippen LogP contribution < -0.4 is 4.57 Å². The van der Waals surface area contributed by atoms with Crippen molar-refractivity contribution in [3.8, 4) is 0 Å². The first-order valence-electron chi connectivity index (χ1n) is 5.70. The number of carbonyl (C=O) groups excluding carboxylic acids is 1. The van der Waals surface area contributed by atoms with Crippen molar-refractivity contribution in [1.82, 2.24) is 0 Å². The second-order valence-corrected chi connectivity index (χ2v) is 4.49. The van der Waals surface area contributed by atoms with Gasteiger partial charge < -0.3 is 0 Å². The molecule has 2 nitrogen and oxygen atoms in total. The summed E-state index contributed by atoms with van der Waals surface area (Å²) in [7, 11) is 0. The molecule has 0 radical (unpaired) electrons. The number of rotatable bonds is 1. The van der Waals surface area contributed by atoms with E-state index in [0.717, 1.165) is 23.8 Å². The molecule has 0 unspecified atom stereocenters. The summed E-state index contributed by atoms with van der Waals surface area (Å²) in [6, 6.07) is 12.3. The van der Waals surface area contributed by atoms with Gasteiger partial charge in [-0.1, -0.05) is 18.2 Å². The van der Waals surface area contributed by atoms with Gasteiger partial charge >= 0.3 is 0 Å². The summed E-state index contributed by atoms with van der Waals surface area (Å²) in [5.41, 5.74) is 3.34. The van der Waals surface area contributed by atoms with E-state index < -0.39 is 0 Å². The first-order chi connectivity index (χ1) is 8.38. The second kappa shape index (κ2) is 2.92. The highest BCUT2D eigenvalue weighted by Gasteiger charge is 2.24. The molecule has 2 heteroatoms. The van der Waals surface area contributed by atoms with Crippen molar-refractivity contribution in [3.05, 3.63) is 53.7 Å². The molecule has 3 aromatic rings. The molecule has 0 saturated heterocycles. The summed E-state index contributed by atoms with van der Waals surface area (Å²) >= 11 is 0. The predicted molar refractivity (Wildman–Crippen MR) is 66.1 cm³/mol. The molecule has 80 valence electrons. The molecule has 0 aliphatic carbocycles. The van der Waals surface area contributed by atoms with E-state index in [-0.39, 0.29) is 0 Å². The molecule has 2 heterocycles. The number of pyridine rings is 1. The Labute approximate surface area is 98.1 Å². The smallest absolute Gasteiger partial charge is 0.221 e. The lowest BCUT2D eigenvalue weighted by atomic mass is 9.99. The van der Waals surface area contributed by atoms with E-state index >= 15 is 0 Å². The number of aldehydes is 1. The third-order valence-corrected chi connectivity index (χ3v) is 3.60. The number of aromatic nitrogens is 1. The van der Waals surface area contributed by atoms with Crippen molar-refractivity contribution >= 4 is 28.0 Å². The molecule has 2 aromatic carbocycles. The number of benzene rings is 2. The van der Waals surface area contributed by atoms with Crippen LogP contribution in [0.5, 0.6) is 0 Å². The second-order valence-electron chi connectivity index (χ2n) is 4.49. The topological polar surface area (TPSA) is 20.9 Å². The molecule has 1 aliphatic rings. The largest absolute Gasteiger partial charge is 0.298 e. The Hall–Kier alpha value is -2.22. The van der Waals surface area contributed by atoms with Gasteiger partial charge in [-0.2, -0.15) is 4.57 Å². The zero-order valence-corrected chi connectivity index (χ0v) is 9.18. The van der Waals surface area contributed by atoms with E-state index in [9.17, 15) is 4.79 Å². The minimum absolute atomic E-state index is 0.781. The van der Waals surface area contributed by atoms with Gasteiger partial charge in [-0.05, 0) is 17.5 Å². The number of carbonyl (C=O) groups is 1. The summed E-state index contributed by atoms with van der Waals surface area (Å²) in [4.78, 5) is 11.1. The van der Waals surface area contributed by atoms with Gasteiger partial charge in [-0.3, -0.25) is 4.79 Å². The summed E-state index contributed by atoms with van der Waals surface area (Å²) in [6.45, 7) is 0.909. The summed E-state index contributed by atoms with van der Waals surface area (Å²) in [5.74, 6) is 0. The van der Waals surface area contributed by atoms with Crippen molar-refractivity contribution in [2.45, 2.75) is 6.54 Å². The first-order valence-corrected chi connectivity index (χ1v) is 5.70. The van der Waals surface area contributed by atoms with Gasteiger partial charge in [0, 0.05) is 22.6 Å². The van der Waals surface area contributed by atoms with Crippen LogP contribution in [0, 0.1) is 0 Å². The van der Waals surface area contributed by atoms with Crippen LogP contribution in [0.1, 0.15) is 15.9 Å². The number of hydrogen-bond acceptors (Lipinski definition) is 1. The van der Waals surface area contributed by atoms with Gasteiger partial charge in [0.15, 0.2) is 19.0 Å². The van der Waals surface area contributed by atoms with Gasteiger partial charge in [0.25, 0.3) is 0 Å². The number of hydrogen-bond donors (Lipinski definition) is 0. The molecule has 0 bridgehead atoms. The van der Waals surface area contributed by atoms with Crippen LogP contribution >= 0.6 is 0 Å². The fourth-order valence-electron chi connectivity index (χ4n) is 2.86. The molecule has 0 fully saturated rings. The maximum absolute atomic E-state index is 11.1. The van der Waals surface area contributed by atoms with Gasteiger partial charge in [0.2, 0.25) is 5.52 Å². The SMILES string of the molecule is O=Cc1ccc2c3c1ccc1ccc[n+](c13)C2. The molecular weight excluding hydrogens is 210 g/mol. The predicted octanol–water partition coefficient (Wildman–Crippen LogP) is 2.45. The van der Waals surface area contributed by atoms with Crippen LogP contribution in [-0.2, 0) is 6.54 Å². The van der Waals surface area contributed by atoms with Crippen molar-refractivity contribution in [3.63, 3.8) is 0 Å². The van der Waals surface area contributed by atoms with Crippen LogP contribution in [0.2, 0.25) is 0 Å². The Morgan fingerprint density at radius 2 is 2.06 bits per heavy atom. The fourth-order valence-corrected chi connectivity index (χ4v) is 2.86. The molecule has 0 saturated carbocycles. The number of nitrogens with zero attached hydrogens (tertiary/aromatic N) is 1. The normalized spacial score (nSPS) is 12.7. The lowest BCUT2D eigenvalue weighted by Gasteiger charge is -2.00. The lowest BCUT2D eigenvalue weighted by Crippen LogP contribution is -2.30. The van der Waals surface area contributed by atoms with Crippen LogP contribution in [0.4, 0.5) is 0 Å². The Kier molecular flexibility index (Phi) is 1.52. The molecule has 4 rings (SSSR count).